The molecule has 1 amide bonds. The number of pyridine rings is 1. The second kappa shape index (κ2) is 5.18. The molecule has 0 spiro atoms. The lowest BCUT2D eigenvalue weighted by atomic mass is 9.93. The predicted molar refractivity (Wildman–Crippen MR) is 71.1 cm³/mol. The molecule has 4 heteroatoms. The summed E-state index contributed by atoms with van der Waals surface area (Å²) in [4.78, 5) is 16.0. The molecule has 2 aromatic rings. The fourth-order valence-corrected chi connectivity index (χ4v) is 1.89. The maximum absolute atomic E-state index is 13.8. The highest BCUT2D eigenvalue weighted by atomic mass is 19.1. The van der Waals surface area contributed by atoms with Gasteiger partial charge in [-0.1, -0.05) is 18.2 Å². The summed E-state index contributed by atoms with van der Waals surface area (Å²) < 4.78 is 13.8. The average Bonchev–Trinajstić information content (AvgIpc) is 2.39. The van der Waals surface area contributed by atoms with E-state index >= 15 is 0 Å². The molecule has 1 aromatic heterocycles. The second-order valence-corrected chi connectivity index (χ2v) is 4.80. The van der Waals surface area contributed by atoms with Crippen molar-refractivity contribution in [2.75, 3.05) is 0 Å². The number of aromatic nitrogens is 1. The number of amides is 1. The zero-order valence-electron chi connectivity index (χ0n) is 10.9. The van der Waals surface area contributed by atoms with Crippen molar-refractivity contribution in [3.63, 3.8) is 0 Å². The largest absolute Gasteiger partial charge is 0.343 e. The molecule has 2 rings (SSSR count). The molecule has 0 fully saturated rings. The van der Waals surface area contributed by atoms with E-state index < -0.39 is 5.54 Å². The smallest absolute Gasteiger partial charge is 0.253 e. The Morgan fingerprint density at radius 2 is 1.95 bits per heavy atom. The average molecular weight is 258 g/mol. The molecule has 0 atom stereocenters. The molecule has 0 bridgehead atoms. The summed E-state index contributed by atoms with van der Waals surface area (Å²) in [5.74, 6) is -0.611. The summed E-state index contributed by atoms with van der Waals surface area (Å²) in [5, 5.41) is 2.81. The molecule has 98 valence electrons. The number of halogens is 1. The topological polar surface area (TPSA) is 42.0 Å². The van der Waals surface area contributed by atoms with Gasteiger partial charge in [0.15, 0.2) is 0 Å². The van der Waals surface area contributed by atoms with E-state index in [-0.39, 0.29) is 11.7 Å². The molecule has 0 aliphatic carbocycles. The van der Waals surface area contributed by atoms with Crippen LogP contribution >= 0.6 is 0 Å². The highest BCUT2D eigenvalue weighted by molar-refractivity contribution is 5.94. The van der Waals surface area contributed by atoms with Gasteiger partial charge in [-0.05, 0) is 32.0 Å². The highest BCUT2D eigenvalue weighted by Gasteiger charge is 2.26. The Morgan fingerprint density at radius 1 is 1.21 bits per heavy atom. The quantitative estimate of drug-likeness (QED) is 0.919. The maximum atomic E-state index is 13.8. The molecule has 19 heavy (non-hydrogen) atoms. The van der Waals surface area contributed by atoms with Crippen LogP contribution in [-0.2, 0) is 5.54 Å². The molecular weight excluding hydrogens is 243 g/mol. The van der Waals surface area contributed by atoms with Crippen LogP contribution in [0.1, 0.15) is 29.8 Å². The number of nitrogens with zero attached hydrogens (tertiary/aromatic N) is 1. The summed E-state index contributed by atoms with van der Waals surface area (Å²) in [6.45, 7) is 3.53. The van der Waals surface area contributed by atoms with Crippen LogP contribution in [0.3, 0.4) is 0 Å². The van der Waals surface area contributed by atoms with Crippen molar-refractivity contribution >= 4 is 5.91 Å². The Balaban J connectivity index is 2.23. The predicted octanol–water partition coefficient (Wildman–Crippen LogP) is 2.89. The third kappa shape index (κ3) is 2.96. The van der Waals surface area contributed by atoms with Crippen LogP contribution in [0.15, 0.2) is 48.8 Å². The molecular formula is C15H15FN2O. The Morgan fingerprint density at radius 3 is 2.58 bits per heavy atom. The van der Waals surface area contributed by atoms with Gasteiger partial charge < -0.3 is 5.32 Å². The lowest BCUT2D eigenvalue weighted by molar-refractivity contribution is 0.0910. The maximum Gasteiger partial charge on any atom is 0.253 e. The summed E-state index contributed by atoms with van der Waals surface area (Å²) in [7, 11) is 0. The number of hydrogen-bond donors (Lipinski definition) is 1. The third-order valence-corrected chi connectivity index (χ3v) is 2.90. The molecule has 0 saturated carbocycles. The van der Waals surface area contributed by atoms with Crippen molar-refractivity contribution in [1.82, 2.24) is 10.3 Å². The van der Waals surface area contributed by atoms with Crippen LogP contribution in [0.2, 0.25) is 0 Å². The molecule has 0 aliphatic heterocycles. The first kappa shape index (κ1) is 13.2. The fourth-order valence-electron chi connectivity index (χ4n) is 1.89. The van der Waals surface area contributed by atoms with E-state index in [0.717, 1.165) is 0 Å². The first-order valence-electron chi connectivity index (χ1n) is 5.98. The minimum Gasteiger partial charge on any atom is -0.343 e. The Kier molecular flexibility index (Phi) is 3.60. The van der Waals surface area contributed by atoms with Gasteiger partial charge in [-0.15, -0.1) is 0 Å². The lowest BCUT2D eigenvalue weighted by Crippen LogP contribution is -2.41. The number of nitrogens with one attached hydrogen (secondary N) is 1. The van der Waals surface area contributed by atoms with Gasteiger partial charge >= 0.3 is 0 Å². The van der Waals surface area contributed by atoms with Gasteiger partial charge in [0.1, 0.15) is 5.82 Å². The fraction of sp³-hybridized carbons (Fsp3) is 0.200. The molecule has 1 heterocycles. The summed E-state index contributed by atoms with van der Waals surface area (Å²) in [5.41, 5.74) is 0.109. The van der Waals surface area contributed by atoms with E-state index in [1.54, 1.807) is 50.4 Å². The Labute approximate surface area is 111 Å². The van der Waals surface area contributed by atoms with Gasteiger partial charge in [-0.3, -0.25) is 9.78 Å². The van der Waals surface area contributed by atoms with Crippen molar-refractivity contribution in [2.45, 2.75) is 19.4 Å². The molecule has 3 nitrogen and oxygen atoms in total. The van der Waals surface area contributed by atoms with Gasteiger partial charge in [0, 0.05) is 18.0 Å². The molecule has 1 N–H and O–H groups in total. The van der Waals surface area contributed by atoms with Crippen LogP contribution < -0.4 is 5.32 Å². The minimum absolute atomic E-state index is 0.277. The zero-order chi connectivity index (χ0) is 13.9. The van der Waals surface area contributed by atoms with Crippen LogP contribution in [0, 0.1) is 5.82 Å². The normalized spacial score (nSPS) is 11.1. The van der Waals surface area contributed by atoms with E-state index in [1.807, 2.05) is 0 Å². The number of carbonyl (C=O) groups excluding carboxylic acids is 1. The Hall–Kier alpha value is -2.23. The van der Waals surface area contributed by atoms with Gasteiger partial charge in [0.2, 0.25) is 0 Å². The summed E-state index contributed by atoms with van der Waals surface area (Å²) in [6.07, 6.45) is 3.07. The van der Waals surface area contributed by atoms with Crippen molar-refractivity contribution < 1.29 is 9.18 Å². The van der Waals surface area contributed by atoms with Crippen molar-refractivity contribution in [1.29, 1.82) is 0 Å². The minimum atomic E-state index is -0.793. The lowest BCUT2D eigenvalue weighted by Gasteiger charge is -2.27. The van der Waals surface area contributed by atoms with Gasteiger partial charge in [0.25, 0.3) is 5.91 Å². The molecule has 0 unspecified atom stereocenters. The van der Waals surface area contributed by atoms with E-state index in [1.165, 1.54) is 12.3 Å². The monoisotopic (exact) mass is 258 g/mol. The Bertz CT molecular complexity index is 582. The first-order valence-corrected chi connectivity index (χ1v) is 5.98. The molecule has 0 saturated heterocycles. The van der Waals surface area contributed by atoms with Crippen LogP contribution in [0.4, 0.5) is 4.39 Å². The summed E-state index contributed by atoms with van der Waals surface area (Å²) >= 11 is 0. The zero-order valence-corrected chi connectivity index (χ0v) is 10.9. The van der Waals surface area contributed by atoms with Crippen molar-refractivity contribution in [2.24, 2.45) is 0 Å². The highest BCUT2D eigenvalue weighted by Crippen LogP contribution is 2.23. The molecule has 1 aromatic carbocycles. The van der Waals surface area contributed by atoms with Gasteiger partial charge in [0.05, 0.1) is 11.1 Å². The number of hydrogen-bond acceptors (Lipinski definition) is 2. The third-order valence-electron chi connectivity index (χ3n) is 2.90. The van der Waals surface area contributed by atoms with Crippen LogP contribution in [-0.4, -0.2) is 10.9 Å². The molecule has 0 aliphatic rings. The summed E-state index contributed by atoms with van der Waals surface area (Å²) in [6, 6.07) is 9.77. The van der Waals surface area contributed by atoms with E-state index in [0.29, 0.717) is 11.1 Å². The van der Waals surface area contributed by atoms with Crippen molar-refractivity contribution in [3.05, 3.63) is 65.7 Å². The van der Waals surface area contributed by atoms with E-state index in [4.69, 9.17) is 0 Å². The second-order valence-electron chi connectivity index (χ2n) is 4.80. The first-order chi connectivity index (χ1) is 9.00. The van der Waals surface area contributed by atoms with Gasteiger partial charge in [-0.25, -0.2) is 4.39 Å². The van der Waals surface area contributed by atoms with Crippen LogP contribution in [0.5, 0.6) is 0 Å². The van der Waals surface area contributed by atoms with Crippen molar-refractivity contribution in [3.8, 4) is 0 Å². The van der Waals surface area contributed by atoms with E-state index in [9.17, 15) is 9.18 Å². The number of rotatable bonds is 3. The number of carbonyl (C=O) groups is 1. The van der Waals surface area contributed by atoms with E-state index in [2.05, 4.69) is 10.3 Å². The standard InChI is InChI=1S/C15H15FN2O/c1-15(2,12-7-3-4-8-13(12)16)18-14(19)11-6-5-9-17-10-11/h3-10H,1-2H3,(H,18,19). The van der Waals surface area contributed by atoms with Crippen LogP contribution in [0.25, 0.3) is 0 Å². The SMILES string of the molecule is CC(C)(NC(=O)c1cccnc1)c1ccccc1F. The number of benzene rings is 1. The van der Waals surface area contributed by atoms with Gasteiger partial charge in [-0.2, -0.15) is 0 Å². The molecule has 0 radical (unpaired) electrons.